The maximum atomic E-state index is 12.5. The molecule has 0 atom stereocenters. The van der Waals surface area contributed by atoms with Crippen LogP contribution in [0.25, 0.3) is 0 Å². The van der Waals surface area contributed by atoms with Gasteiger partial charge in [0.15, 0.2) is 0 Å². The van der Waals surface area contributed by atoms with Gasteiger partial charge in [-0.3, -0.25) is 19.3 Å². The Morgan fingerprint density at radius 2 is 1.62 bits per heavy atom. The summed E-state index contributed by atoms with van der Waals surface area (Å²) < 4.78 is 0. The summed E-state index contributed by atoms with van der Waals surface area (Å²) >= 11 is 0. The van der Waals surface area contributed by atoms with Crippen LogP contribution in [0.3, 0.4) is 0 Å². The Labute approximate surface area is 168 Å². The average molecular weight is 394 g/mol. The quantitative estimate of drug-likeness (QED) is 0.677. The van der Waals surface area contributed by atoms with E-state index < -0.39 is 0 Å². The summed E-state index contributed by atoms with van der Waals surface area (Å²) in [5, 5.41) is 8.20. The Morgan fingerprint density at radius 3 is 2.28 bits per heavy atom. The van der Waals surface area contributed by atoms with Crippen LogP contribution in [0.2, 0.25) is 0 Å². The molecule has 3 rings (SSSR count). The van der Waals surface area contributed by atoms with Gasteiger partial charge < -0.3 is 16.0 Å². The lowest BCUT2D eigenvalue weighted by molar-refractivity contribution is 0.0692. The zero-order valence-corrected chi connectivity index (χ0v) is 16.4. The lowest BCUT2D eigenvalue weighted by atomic mass is 10.1. The fourth-order valence-corrected chi connectivity index (χ4v) is 2.91. The molecule has 0 radical (unpaired) electrons. The van der Waals surface area contributed by atoms with Gasteiger partial charge in [0.1, 0.15) is 0 Å². The van der Waals surface area contributed by atoms with Crippen molar-refractivity contribution >= 4 is 29.4 Å². The molecule has 3 N–H and O–H groups in total. The second kappa shape index (κ2) is 8.14. The first kappa shape index (κ1) is 20.1. The Kier molecular flexibility index (Phi) is 5.63. The lowest BCUT2D eigenvalue weighted by Gasteiger charge is -2.10. The topological polar surface area (TPSA) is 108 Å². The van der Waals surface area contributed by atoms with E-state index >= 15 is 0 Å². The number of urea groups is 1. The van der Waals surface area contributed by atoms with Crippen LogP contribution in [0.4, 0.5) is 10.5 Å². The minimum Gasteiger partial charge on any atom is -0.336 e. The van der Waals surface area contributed by atoms with Crippen molar-refractivity contribution in [1.29, 1.82) is 0 Å². The highest BCUT2D eigenvalue weighted by atomic mass is 16.2. The molecule has 8 nitrogen and oxygen atoms in total. The first-order valence-electron chi connectivity index (χ1n) is 9.17. The van der Waals surface area contributed by atoms with E-state index in [0.717, 1.165) is 10.5 Å². The summed E-state index contributed by atoms with van der Waals surface area (Å²) in [6.07, 6.45) is 0. The molecule has 0 bridgehead atoms. The number of benzene rings is 2. The highest BCUT2D eigenvalue weighted by molar-refractivity contribution is 6.21. The monoisotopic (exact) mass is 394 g/mol. The molecule has 1 aliphatic rings. The number of nitrogens with zero attached hydrogens (tertiary/aromatic N) is 1. The molecule has 1 aliphatic heterocycles. The minimum atomic E-state index is -0.389. The van der Waals surface area contributed by atoms with Gasteiger partial charge in [-0.25, -0.2) is 4.79 Å². The number of nitrogens with one attached hydrogen (secondary N) is 3. The van der Waals surface area contributed by atoms with Crippen LogP contribution >= 0.6 is 0 Å². The first-order valence-corrected chi connectivity index (χ1v) is 9.17. The Balaban J connectivity index is 1.63. The average Bonchev–Trinajstić information content (AvgIpc) is 2.90. The summed E-state index contributed by atoms with van der Waals surface area (Å²) in [4.78, 5) is 49.1. The van der Waals surface area contributed by atoms with E-state index in [1.807, 2.05) is 13.8 Å². The Hall–Kier alpha value is -3.68. The van der Waals surface area contributed by atoms with E-state index in [2.05, 4.69) is 16.0 Å². The number of amides is 5. The fourth-order valence-electron chi connectivity index (χ4n) is 2.91. The molecule has 1 heterocycles. The molecular formula is C21H22N4O4. The van der Waals surface area contributed by atoms with Gasteiger partial charge in [0.2, 0.25) is 0 Å². The minimum absolute atomic E-state index is 0.0501. The molecule has 29 heavy (non-hydrogen) atoms. The van der Waals surface area contributed by atoms with Crippen molar-refractivity contribution in [2.24, 2.45) is 0 Å². The van der Waals surface area contributed by atoms with Gasteiger partial charge >= 0.3 is 6.03 Å². The van der Waals surface area contributed by atoms with Crippen molar-refractivity contribution in [1.82, 2.24) is 15.5 Å². The predicted molar refractivity (Wildman–Crippen MR) is 108 cm³/mol. The van der Waals surface area contributed by atoms with Gasteiger partial charge in [0.25, 0.3) is 17.7 Å². The molecule has 0 aromatic heterocycles. The van der Waals surface area contributed by atoms with E-state index in [0.29, 0.717) is 23.4 Å². The summed E-state index contributed by atoms with van der Waals surface area (Å²) in [5.41, 5.74) is 2.32. The molecule has 2 aromatic rings. The van der Waals surface area contributed by atoms with Crippen molar-refractivity contribution in [2.75, 3.05) is 12.4 Å². The predicted octanol–water partition coefficient (Wildman–Crippen LogP) is 2.37. The lowest BCUT2D eigenvalue weighted by Crippen LogP contribution is -2.39. The standard InChI is InChI=1S/C21H22N4O4/c1-12(2)23-21(29)22-11-13-4-6-14(7-5-13)18(26)24-15-8-9-16-17(10-15)20(28)25(3)19(16)27/h4-10,12H,11H2,1-3H3,(H,24,26)(H2,22,23,29). The van der Waals surface area contributed by atoms with Crippen LogP contribution in [-0.2, 0) is 6.54 Å². The number of hydrogen-bond donors (Lipinski definition) is 3. The third kappa shape index (κ3) is 4.43. The number of carbonyl (C=O) groups is 4. The molecule has 8 heteroatoms. The van der Waals surface area contributed by atoms with Crippen LogP contribution in [0.1, 0.15) is 50.5 Å². The van der Waals surface area contributed by atoms with Crippen molar-refractivity contribution in [3.8, 4) is 0 Å². The van der Waals surface area contributed by atoms with Gasteiger partial charge in [-0.2, -0.15) is 0 Å². The third-order valence-corrected chi connectivity index (χ3v) is 4.44. The maximum absolute atomic E-state index is 12.5. The number of rotatable bonds is 5. The maximum Gasteiger partial charge on any atom is 0.315 e. The number of hydrogen-bond acceptors (Lipinski definition) is 4. The molecular weight excluding hydrogens is 372 g/mol. The summed E-state index contributed by atoms with van der Waals surface area (Å²) in [5.74, 6) is -1.08. The summed E-state index contributed by atoms with van der Waals surface area (Å²) in [6.45, 7) is 4.09. The molecule has 150 valence electrons. The number of imide groups is 1. The molecule has 0 saturated carbocycles. The normalized spacial score (nSPS) is 12.8. The van der Waals surface area contributed by atoms with Crippen molar-refractivity contribution in [3.63, 3.8) is 0 Å². The second-order valence-electron chi connectivity index (χ2n) is 7.06. The Morgan fingerprint density at radius 1 is 0.966 bits per heavy atom. The van der Waals surface area contributed by atoms with Crippen molar-refractivity contribution < 1.29 is 19.2 Å². The zero-order chi connectivity index (χ0) is 21.1. The largest absolute Gasteiger partial charge is 0.336 e. The van der Waals surface area contributed by atoms with E-state index in [1.165, 1.54) is 19.2 Å². The van der Waals surface area contributed by atoms with Gasteiger partial charge in [0.05, 0.1) is 11.1 Å². The van der Waals surface area contributed by atoms with Gasteiger partial charge in [-0.15, -0.1) is 0 Å². The van der Waals surface area contributed by atoms with Gasteiger partial charge in [0, 0.05) is 30.9 Å². The number of anilines is 1. The van der Waals surface area contributed by atoms with Crippen LogP contribution in [0, 0.1) is 0 Å². The molecule has 0 aliphatic carbocycles. The molecule has 0 unspecified atom stereocenters. The van der Waals surface area contributed by atoms with E-state index in [1.54, 1.807) is 30.3 Å². The van der Waals surface area contributed by atoms with Gasteiger partial charge in [-0.1, -0.05) is 12.1 Å². The zero-order valence-electron chi connectivity index (χ0n) is 16.4. The summed E-state index contributed by atoms with van der Waals surface area (Å²) in [7, 11) is 1.42. The third-order valence-electron chi connectivity index (χ3n) is 4.44. The highest BCUT2D eigenvalue weighted by Crippen LogP contribution is 2.25. The SMILES string of the molecule is CC(C)NC(=O)NCc1ccc(C(=O)Nc2ccc3c(c2)C(=O)N(C)C3=O)cc1. The van der Waals surface area contributed by atoms with E-state index in [4.69, 9.17) is 0 Å². The Bertz CT molecular complexity index is 983. The highest BCUT2D eigenvalue weighted by Gasteiger charge is 2.32. The number of carbonyl (C=O) groups excluding carboxylic acids is 4. The van der Waals surface area contributed by atoms with Crippen molar-refractivity contribution in [2.45, 2.75) is 26.4 Å². The molecule has 0 fully saturated rings. The first-order chi connectivity index (χ1) is 13.8. The molecule has 0 saturated heterocycles. The smallest absolute Gasteiger partial charge is 0.315 e. The van der Waals surface area contributed by atoms with Crippen LogP contribution < -0.4 is 16.0 Å². The van der Waals surface area contributed by atoms with Crippen LogP contribution in [-0.4, -0.2) is 41.7 Å². The van der Waals surface area contributed by atoms with Crippen LogP contribution in [0.5, 0.6) is 0 Å². The number of fused-ring (bicyclic) bond motifs is 1. The van der Waals surface area contributed by atoms with Crippen LogP contribution in [0.15, 0.2) is 42.5 Å². The molecule has 0 spiro atoms. The van der Waals surface area contributed by atoms with E-state index in [9.17, 15) is 19.2 Å². The second-order valence-corrected chi connectivity index (χ2v) is 7.06. The molecule has 2 aromatic carbocycles. The van der Waals surface area contributed by atoms with E-state index in [-0.39, 0.29) is 35.4 Å². The molecule has 5 amide bonds. The summed E-state index contributed by atoms with van der Waals surface area (Å²) in [6, 6.07) is 11.2. The fraction of sp³-hybridized carbons (Fsp3) is 0.238. The van der Waals surface area contributed by atoms with Gasteiger partial charge in [-0.05, 0) is 49.7 Å². The van der Waals surface area contributed by atoms with Crippen molar-refractivity contribution in [3.05, 3.63) is 64.7 Å².